The Balaban J connectivity index is 1.81. The summed E-state index contributed by atoms with van der Waals surface area (Å²) in [5.41, 5.74) is 5.20. The third kappa shape index (κ3) is 3.18. The first-order chi connectivity index (χ1) is 11.0. The van der Waals surface area contributed by atoms with Gasteiger partial charge >= 0.3 is 5.91 Å². The standard InChI is InChI=1S/C18H18N4O/c1-12-4-6-15(7-5-12)11-19-21-18(23)17-14(3)20-16-10-13(2)8-9-22(16)17/h4-10H,11H2,1-3H3. The molecule has 3 aromatic rings. The molecule has 1 amide bonds. The lowest BCUT2D eigenvalue weighted by Gasteiger charge is -1.99. The summed E-state index contributed by atoms with van der Waals surface area (Å²) in [6.07, 6.45) is 1.84. The summed E-state index contributed by atoms with van der Waals surface area (Å²) < 4.78 is 1.76. The van der Waals surface area contributed by atoms with Crippen LogP contribution in [0.25, 0.3) is 5.65 Å². The van der Waals surface area contributed by atoms with Gasteiger partial charge in [0.25, 0.3) is 0 Å². The molecule has 5 heteroatoms. The quantitative estimate of drug-likeness (QED) is 0.685. The van der Waals surface area contributed by atoms with Gasteiger partial charge in [-0.2, -0.15) is 5.11 Å². The fourth-order valence-electron chi connectivity index (χ4n) is 2.44. The van der Waals surface area contributed by atoms with E-state index in [0.29, 0.717) is 17.9 Å². The number of carbonyl (C=O) groups excluding carboxylic acids is 1. The molecule has 116 valence electrons. The lowest BCUT2D eigenvalue weighted by atomic mass is 10.2. The van der Waals surface area contributed by atoms with Crippen molar-refractivity contribution in [3.63, 3.8) is 0 Å². The number of aromatic nitrogens is 2. The van der Waals surface area contributed by atoms with Crippen molar-refractivity contribution in [1.29, 1.82) is 0 Å². The highest BCUT2D eigenvalue weighted by Gasteiger charge is 2.16. The average molecular weight is 306 g/mol. The van der Waals surface area contributed by atoms with E-state index >= 15 is 0 Å². The van der Waals surface area contributed by atoms with Crippen LogP contribution in [0.1, 0.15) is 32.9 Å². The van der Waals surface area contributed by atoms with Gasteiger partial charge in [0, 0.05) is 6.20 Å². The van der Waals surface area contributed by atoms with E-state index in [1.54, 1.807) is 4.40 Å². The van der Waals surface area contributed by atoms with Crippen LogP contribution in [0.2, 0.25) is 0 Å². The monoisotopic (exact) mass is 306 g/mol. The number of aryl methyl sites for hydroxylation is 3. The van der Waals surface area contributed by atoms with E-state index in [2.05, 4.69) is 15.2 Å². The van der Waals surface area contributed by atoms with Gasteiger partial charge in [0.05, 0.1) is 12.2 Å². The zero-order chi connectivity index (χ0) is 16.4. The lowest BCUT2D eigenvalue weighted by Crippen LogP contribution is -2.02. The summed E-state index contributed by atoms with van der Waals surface area (Å²) in [4.78, 5) is 16.8. The molecule has 0 bridgehead atoms. The van der Waals surface area contributed by atoms with Crippen LogP contribution in [-0.4, -0.2) is 15.3 Å². The molecule has 0 saturated carbocycles. The summed E-state index contributed by atoms with van der Waals surface area (Å²) in [7, 11) is 0. The number of benzene rings is 1. The summed E-state index contributed by atoms with van der Waals surface area (Å²) in [5, 5.41) is 7.87. The number of fused-ring (bicyclic) bond motifs is 1. The Morgan fingerprint density at radius 1 is 1.09 bits per heavy atom. The van der Waals surface area contributed by atoms with Gasteiger partial charge in [0.2, 0.25) is 0 Å². The van der Waals surface area contributed by atoms with Crippen LogP contribution >= 0.6 is 0 Å². The Hall–Kier alpha value is -2.82. The Kier molecular flexibility index (Phi) is 4.02. The van der Waals surface area contributed by atoms with Gasteiger partial charge in [0.15, 0.2) is 0 Å². The van der Waals surface area contributed by atoms with Gasteiger partial charge < -0.3 is 0 Å². The fourth-order valence-corrected chi connectivity index (χ4v) is 2.44. The van der Waals surface area contributed by atoms with Crippen molar-refractivity contribution in [1.82, 2.24) is 9.38 Å². The molecule has 2 aromatic heterocycles. The minimum Gasteiger partial charge on any atom is -0.295 e. The van der Waals surface area contributed by atoms with Crippen molar-refractivity contribution in [2.45, 2.75) is 27.3 Å². The zero-order valence-electron chi connectivity index (χ0n) is 13.4. The maximum Gasteiger partial charge on any atom is 0.313 e. The van der Waals surface area contributed by atoms with Crippen molar-refractivity contribution in [2.24, 2.45) is 10.2 Å². The molecular formula is C18H18N4O. The number of hydrogen-bond donors (Lipinski definition) is 0. The van der Waals surface area contributed by atoms with Crippen LogP contribution in [-0.2, 0) is 6.54 Å². The van der Waals surface area contributed by atoms with Gasteiger partial charge in [-0.3, -0.25) is 9.20 Å². The third-order valence-electron chi connectivity index (χ3n) is 3.69. The fraction of sp³-hybridized carbons (Fsp3) is 0.222. The molecule has 0 aliphatic rings. The molecule has 0 atom stereocenters. The molecule has 3 rings (SSSR count). The first-order valence-electron chi connectivity index (χ1n) is 7.47. The second-order valence-electron chi connectivity index (χ2n) is 5.67. The summed E-state index contributed by atoms with van der Waals surface area (Å²) in [5.74, 6) is -0.369. The molecule has 0 aliphatic carbocycles. The van der Waals surface area contributed by atoms with Crippen LogP contribution in [0, 0.1) is 20.8 Å². The Bertz CT molecular complexity index is 891. The predicted molar refractivity (Wildman–Crippen MR) is 88.7 cm³/mol. The molecule has 1 aromatic carbocycles. The Morgan fingerprint density at radius 2 is 1.83 bits per heavy atom. The van der Waals surface area contributed by atoms with E-state index in [9.17, 15) is 4.79 Å². The van der Waals surface area contributed by atoms with E-state index < -0.39 is 0 Å². The molecule has 5 nitrogen and oxygen atoms in total. The largest absolute Gasteiger partial charge is 0.313 e. The Labute approximate surface area is 134 Å². The number of imidazole rings is 1. The van der Waals surface area contributed by atoms with Crippen LogP contribution in [0.3, 0.4) is 0 Å². The first-order valence-corrected chi connectivity index (χ1v) is 7.47. The maximum atomic E-state index is 12.3. The van der Waals surface area contributed by atoms with Crippen molar-refractivity contribution in [2.75, 3.05) is 0 Å². The van der Waals surface area contributed by atoms with E-state index in [0.717, 1.165) is 16.8 Å². The molecule has 0 spiro atoms. The van der Waals surface area contributed by atoms with Crippen LogP contribution in [0.4, 0.5) is 0 Å². The molecule has 0 saturated heterocycles. The minimum absolute atomic E-state index is 0.369. The highest BCUT2D eigenvalue weighted by Crippen LogP contribution is 2.15. The normalized spacial score (nSPS) is 11.4. The smallest absolute Gasteiger partial charge is 0.295 e. The van der Waals surface area contributed by atoms with E-state index in [-0.39, 0.29) is 5.91 Å². The summed E-state index contributed by atoms with van der Waals surface area (Å²) in [6.45, 7) is 6.23. The van der Waals surface area contributed by atoms with Crippen molar-refractivity contribution in [3.05, 3.63) is 70.7 Å². The van der Waals surface area contributed by atoms with E-state index in [1.165, 1.54) is 5.56 Å². The molecule has 0 aliphatic heterocycles. The topological polar surface area (TPSA) is 59.1 Å². The minimum atomic E-state index is -0.369. The van der Waals surface area contributed by atoms with E-state index in [4.69, 9.17) is 0 Å². The highest BCUT2D eigenvalue weighted by atomic mass is 16.2. The van der Waals surface area contributed by atoms with Gasteiger partial charge in [-0.15, -0.1) is 5.11 Å². The number of rotatable bonds is 3. The number of hydrogen-bond acceptors (Lipinski definition) is 3. The van der Waals surface area contributed by atoms with Crippen LogP contribution < -0.4 is 0 Å². The molecule has 23 heavy (non-hydrogen) atoms. The van der Waals surface area contributed by atoms with Crippen molar-refractivity contribution < 1.29 is 4.79 Å². The third-order valence-corrected chi connectivity index (χ3v) is 3.69. The zero-order valence-corrected chi connectivity index (χ0v) is 13.4. The molecule has 0 radical (unpaired) electrons. The van der Waals surface area contributed by atoms with Crippen molar-refractivity contribution in [3.8, 4) is 0 Å². The number of carbonyl (C=O) groups is 1. The molecule has 2 heterocycles. The van der Waals surface area contributed by atoms with Gasteiger partial charge in [-0.1, -0.05) is 29.8 Å². The lowest BCUT2D eigenvalue weighted by molar-refractivity contribution is 0.0987. The highest BCUT2D eigenvalue weighted by molar-refractivity contribution is 5.95. The van der Waals surface area contributed by atoms with Gasteiger partial charge in [0.1, 0.15) is 11.3 Å². The number of nitrogens with zero attached hydrogens (tertiary/aromatic N) is 4. The first kappa shape index (κ1) is 15.1. The number of azo groups is 1. The molecule has 0 fully saturated rings. The number of pyridine rings is 1. The van der Waals surface area contributed by atoms with Crippen LogP contribution in [0.15, 0.2) is 52.8 Å². The Morgan fingerprint density at radius 3 is 2.57 bits per heavy atom. The van der Waals surface area contributed by atoms with Gasteiger partial charge in [-0.25, -0.2) is 4.98 Å². The van der Waals surface area contributed by atoms with Crippen molar-refractivity contribution >= 4 is 11.6 Å². The van der Waals surface area contributed by atoms with Gasteiger partial charge in [-0.05, 0) is 44.0 Å². The molecular weight excluding hydrogens is 288 g/mol. The predicted octanol–water partition coefficient (Wildman–Crippen LogP) is 4.05. The number of amides is 1. The average Bonchev–Trinajstić information content (AvgIpc) is 2.84. The SMILES string of the molecule is Cc1ccc(CN=NC(=O)c2c(C)nc3cc(C)ccn23)cc1. The second kappa shape index (κ2) is 6.12. The second-order valence-corrected chi connectivity index (χ2v) is 5.67. The van der Waals surface area contributed by atoms with Crippen LogP contribution in [0.5, 0.6) is 0 Å². The molecule has 0 N–H and O–H groups in total. The summed E-state index contributed by atoms with van der Waals surface area (Å²) in [6, 6.07) is 11.9. The maximum absolute atomic E-state index is 12.3. The van der Waals surface area contributed by atoms with E-state index in [1.807, 2.05) is 63.4 Å². The summed E-state index contributed by atoms with van der Waals surface area (Å²) >= 11 is 0. The molecule has 0 unspecified atom stereocenters.